The Morgan fingerprint density at radius 2 is 2.15 bits per heavy atom. The van der Waals surface area contributed by atoms with Crippen molar-refractivity contribution < 1.29 is 14.4 Å². The molecule has 5 nitrogen and oxygen atoms in total. The zero-order valence-corrected chi connectivity index (χ0v) is 13.1. The topological polar surface area (TPSA) is 75.4 Å². The first kappa shape index (κ1) is 16.7. The van der Waals surface area contributed by atoms with E-state index in [1.165, 1.54) is 0 Å². The smallest absolute Gasteiger partial charge is 0.289 e. The molecule has 0 aromatic carbocycles. The fourth-order valence-corrected chi connectivity index (χ4v) is 1.91. The molecule has 0 aliphatic rings. The molecule has 0 radical (unpaired) electrons. The molecule has 2 N–H and O–H groups in total. The van der Waals surface area contributed by atoms with E-state index in [4.69, 9.17) is 4.52 Å². The van der Waals surface area contributed by atoms with Crippen LogP contribution in [0, 0.1) is 5.41 Å². The molecule has 1 aromatic rings. The van der Waals surface area contributed by atoms with Crippen molar-refractivity contribution in [1.82, 2.24) is 10.5 Å². The van der Waals surface area contributed by atoms with Crippen LogP contribution in [0.15, 0.2) is 10.6 Å². The van der Waals surface area contributed by atoms with Gasteiger partial charge in [0.2, 0.25) is 5.76 Å². The van der Waals surface area contributed by atoms with Crippen LogP contribution < -0.4 is 5.32 Å². The van der Waals surface area contributed by atoms with Crippen LogP contribution in [0.4, 0.5) is 0 Å². The first-order valence-electron chi connectivity index (χ1n) is 7.15. The predicted octanol–water partition coefficient (Wildman–Crippen LogP) is 2.72. The van der Waals surface area contributed by atoms with Gasteiger partial charge in [0.1, 0.15) is 0 Å². The van der Waals surface area contributed by atoms with Gasteiger partial charge in [0.05, 0.1) is 11.8 Å². The highest BCUT2D eigenvalue weighted by atomic mass is 16.5. The summed E-state index contributed by atoms with van der Waals surface area (Å²) < 4.78 is 5.04. The summed E-state index contributed by atoms with van der Waals surface area (Å²) in [6, 6.07) is 1.67. The van der Waals surface area contributed by atoms with Gasteiger partial charge in [0.15, 0.2) is 0 Å². The molecule has 0 aliphatic heterocycles. The number of carbonyl (C=O) groups is 1. The number of rotatable bonds is 6. The minimum Gasteiger partial charge on any atom is -0.391 e. The third kappa shape index (κ3) is 5.33. The lowest BCUT2D eigenvalue weighted by Crippen LogP contribution is -2.34. The Balaban J connectivity index is 2.49. The Morgan fingerprint density at radius 1 is 1.50 bits per heavy atom. The molecule has 0 fully saturated rings. The quantitative estimate of drug-likeness (QED) is 0.841. The molecule has 0 spiro atoms. The maximum atomic E-state index is 11.9. The van der Waals surface area contributed by atoms with E-state index in [0.717, 1.165) is 12.1 Å². The lowest BCUT2D eigenvalue weighted by molar-refractivity contribution is 0.0836. The van der Waals surface area contributed by atoms with Crippen molar-refractivity contribution in [3.63, 3.8) is 0 Å². The molecule has 1 amide bonds. The Labute approximate surface area is 120 Å². The van der Waals surface area contributed by atoms with Crippen LogP contribution in [0.1, 0.15) is 69.6 Å². The lowest BCUT2D eigenvalue weighted by Gasteiger charge is -2.22. The third-order valence-corrected chi connectivity index (χ3v) is 3.22. The standard InChI is InChI=1S/C15H26N2O3/c1-6-10(2)12-7-13(20-17-12)14(19)16-9-11(18)8-15(3,4)5/h7,10-11,18H,6,8-9H2,1-5H3,(H,16,19). The number of nitrogens with zero attached hydrogens (tertiary/aromatic N) is 1. The molecular formula is C15H26N2O3. The lowest BCUT2D eigenvalue weighted by atomic mass is 9.89. The van der Waals surface area contributed by atoms with Crippen LogP contribution in [-0.2, 0) is 0 Å². The second-order valence-electron chi connectivity index (χ2n) is 6.55. The molecule has 0 aliphatic carbocycles. The van der Waals surface area contributed by atoms with Crippen molar-refractivity contribution in [2.45, 2.75) is 59.5 Å². The first-order chi connectivity index (χ1) is 9.23. The summed E-state index contributed by atoms with van der Waals surface area (Å²) in [7, 11) is 0. The van der Waals surface area contributed by atoms with Gasteiger partial charge in [-0.15, -0.1) is 0 Å². The van der Waals surface area contributed by atoms with Crippen molar-refractivity contribution >= 4 is 5.91 Å². The molecule has 5 heteroatoms. The van der Waals surface area contributed by atoms with E-state index >= 15 is 0 Å². The molecule has 0 saturated carbocycles. The van der Waals surface area contributed by atoms with Crippen LogP contribution in [0.3, 0.4) is 0 Å². The summed E-state index contributed by atoms with van der Waals surface area (Å²) in [6.45, 7) is 10.5. The number of nitrogens with one attached hydrogen (secondary N) is 1. The number of aliphatic hydroxyl groups excluding tert-OH is 1. The van der Waals surface area contributed by atoms with E-state index < -0.39 is 6.10 Å². The molecule has 20 heavy (non-hydrogen) atoms. The minimum atomic E-state index is -0.559. The monoisotopic (exact) mass is 282 g/mol. The van der Waals surface area contributed by atoms with Crippen molar-refractivity contribution in [1.29, 1.82) is 0 Å². The van der Waals surface area contributed by atoms with E-state index in [0.29, 0.717) is 6.42 Å². The average molecular weight is 282 g/mol. The first-order valence-corrected chi connectivity index (χ1v) is 7.15. The number of hydrogen-bond acceptors (Lipinski definition) is 4. The van der Waals surface area contributed by atoms with Gasteiger partial charge in [0, 0.05) is 18.5 Å². The zero-order valence-electron chi connectivity index (χ0n) is 13.1. The van der Waals surface area contributed by atoms with Gasteiger partial charge in [-0.1, -0.05) is 39.8 Å². The van der Waals surface area contributed by atoms with Crippen molar-refractivity contribution in [2.75, 3.05) is 6.54 Å². The summed E-state index contributed by atoms with van der Waals surface area (Å²) in [4.78, 5) is 11.9. The van der Waals surface area contributed by atoms with Crippen LogP contribution >= 0.6 is 0 Å². The van der Waals surface area contributed by atoms with Gasteiger partial charge in [-0.05, 0) is 18.3 Å². The van der Waals surface area contributed by atoms with Crippen molar-refractivity contribution in [2.24, 2.45) is 5.41 Å². The van der Waals surface area contributed by atoms with Gasteiger partial charge in [0.25, 0.3) is 5.91 Å². The number of hydrogen-bond donors (Lipinski definition) is 2. The second-order valence-corrected chi connectivity index (χ2v) is 6.55. The Hall–Kier alpha value is -1.36. The van der Waals surface area contributed by atoms with E-state index in [1.54, 1.807) is 6.07 Å². The molecule has 1 aromatic heterocycles. The van der Waals surface area contributed by atoms with Gasteiger partial charge in [-0.25, -0.2) is 0 Å². The highest BCUT2D eigenvalue weighted by molar-refractivity contribution is 5.91. The highest BCUT2D eigenvalue weighted by Crippen LogP contribution is 2.20. The summed E-state index contributed by atoms with van der Waals surface area (Å²) in [5.74, 6) is 0.134. The normalized spacial score (nSPS) is 14.9. The van der Waals surface area contributed by atoms with Crippen molar-refractivity contribution in [3.05, 3.63) is 17.5 Å². The molecule has 2 unspecified atom stereocenters. The summed E-state index contributed by atoms with van der Waals surface area (Å²) >= 11 is 0. The Kier molecular flexibility index (Phi) is 5.74. The van der Waals surface area contributed by atoms with Gasteiger partial charge < -0.3 is 14.9 Å². The Bertz CT molecular complexity index is 435. The Morgan fingerprint density at radius 3 is 2.70 bits per heavy atom. The van der Waals surface area contributed by atoms with E-state index in [2.05, 4.69) is 17.4 Å². The second kappa shape index (κ2) is 6.88. The predicted molar refractivity (Wildman–Crippen MR) is 77.6 cm³/mol. The van der Waals surface area contributed by atoms with E-state index in [9.17, 15) is 9.90 Å². The molecule has 2 atom stereocenters. The van der Waals surface area contributed by atoms with Gasteiger partial charge in [-0.2, -0.15) is 0 Å². The zero-order chi connectivity index (χ0) is 15.3. The van der Waals surface area contributed by atoms with Crippen molar-refractivity contribution in [3.8, 4) is 0 Å². The maximum absolute atomic E-state index is 11.9. The van der Waals surface area contributed by atoms with Crippen LogP contribution in [0.25, 0.3) is 0 Å². The minimum absolute atomic E-state index is 0.0279. The molecule has 1 heterocycles. The maximum Gasteiger partial charge on any atom is 0.289 e. The molecular weight excluding hydrogens is 256 g/mol. The SMILES string of the molecule is CCC(C)c1cc(C(=O)NCC(O)CC(C)(C)C)on1. The molecule has 114 valence electrons. The summed E-state index contributed by atoms with van der Waals surface area (Å²) in [5.41, 5.74) is 0.813. The summed E-state index contributed by atoms with van der Waals surface area (Å²) in [6.07, 6.45) is 1.01. The van der Waals surface area contributed by atoms with E-state index in [1.807, 2.05) is 27.7 Å². The van der Waals surface area contributed by atoms with Crippen LogP contribution in [-0.4, -0.2) is 28.8 Å². The molecule has 0 bridgehead atoms. The summed E-state index contributed by atoms with van der Waals surface area (Å²) in [5, 5.41) is 16.4. The van der Waals surface area contributed by atoms with Gasteiger partial charge in [-0.3, -0.25) is 4.79 Å². The fourth-order valence-electron chi connectivity index (χ4n) is 1.91. The molecule has 0 saturated heterocycles. The average Bonchev–Trinajstić information content (AvgIpc) is 2.82. The highest BCUT2D eigenvalue weighted by Gasteiger charge is 2.19. The fraction of sp³-hybridized carbons (Fsp3) is 0.733. The molecule has 1 rings (SSSR count). The number of carbonyl (C=O) groups excluding carboxylic acids is 1. The van der Waals surface area contributed by atoms with Crippen LogP contribution in [0.5, 0.6) is 0 Å². The number of amides is 1. The van der Waals surface area contributed by atoms with Crippen LogP contribution in [0.2, 0.25) is 0 Å². The third-order valence-electron chi connectivity index (χ3n) is 3.22. The number of aliphatic hydroxyl groups is 1. The van der Waals surface area contributed by atoms with Gasteiger partial charge >= 0.3 is 0 Å². The van der Waals surface area contributed by atoms with E-state index in [-0.39, 0.29) is 29.5 Å². The number of aromatic nitrogens is 1. The largest absolute Gasteiger partial charge is 0.391 e.